The monoisotopic (exact) mass is 228 g/mol. The number of nitrogens with zero attached hydrogens (tertiary/aromatic N) is 1. The number of piperidine rings is 1. The van der Waals surface area contributed by atoms with E-state index in [1.165, 1.54) is 32.5 Å². The van der Waals surface area contributed by atoms with E-state index in [-0.39, 0.29) is 0 Å². The molecular weight excluding hydrogens is 200 g/mol. The maximum Gasteiger partial charge on any atom is 0.0593 e. The first-order valence-corrected chi connectivity index (χ1v) is 6.87. The van der Waals surface area contributed by atoms with Crippen LogP contribution in [0, 0.1) is 5.92 Å². The Morgan fingerprint density at radius 1 is 1.31 bits per heavy atom. The highest BCUT2D eigenvalue weighted by molar-refractivity contribution is 4.72. The van der Waals surface area contributed by atoms with Gasteiger partial charge in [-0.05, 0) is 44.8 Å². The number of ether oxygens (including phenoxy) is 1. The van der Waals surface area contributed by atoms with Crippen LogP contribution >= 0.6 is 0 Å². The SMILES string of the molecule is CCCOCCN(CC)CC1CCCNC1. The van der Waals surface area contributed by atoms with E-state index in [1.807, 2.05) is 0 Å². The van der Waals surface area contributed by atoms with Crippen molar-refractivity contribution in [1.82, 2.24) is 10.2 Å². The van der Waals surface area contributed by atoms with Crippen LogP contribution in [-0.2, 0) is 4.74 Å². The van der Waals surface area contributed by atoms with Gasteiger partial charge in [-0.15, -0.1) is 0 Å². The van der Waals surface area contributed by atoms with Crippen LogP contribution in [0.4, 0.5) is 0 Å². The summed E-state index contributed by atoms with van der Waals surface area (Å²) in [6, 6.07) is 0. The van der Waals surface area contributed by atoms with Gasteiger partial charge < -0.3 is 15.0 Å². The van der Waals surface area contributed by atoms with Crippen molar-refractivity contribution in [2.24, 2.45) is 5.92 Å². The molecule has 16 heavy (non-hydrogen) atoms. The highest BCUT2D eigenvalue weighted by Crippen LogP contribution is 2.11. The van der Waals surface area contributed by atoms with Crippen molar-refractivity contribution in [3.8, 4) is 0 Å². The zero-order valence-corrected chi connectivity index (χ0v) is 11.0. The molecule has 0 spiro atoms. The Morgan fingerprint density at radius 2 is 2.19 bits per heavy atom. The lowest BCUT2D eigenvalue weighted by Crippen LogP contribution is -2.39. The largest absolute Gasteiger partial charge is 0.380 e. The minimum Gasteiger partial charge on any atom is -0.380 e. The summed E-state index contributed by atoms with van der Waals surface area (Å²) < 4.78 is 5.55. The van der Waals surface area contributed by atoms with E-state index in [9.17, 15) is 0 Å². The molecule has 3 nitrogen and oxygen atoms in total. The molecule has 0 bridgehead atoms. The quantitative estimate of drug-likeness (QED) is 0.640. The molecule has 0 aromatic carbocycles. The molecule has 1 atom stereocenters. The number of rotatable bonds is 8. The summed E-state index contributed by atoms with van der Waals surface area (Å²) in [5.41, 5.74) is 0. The second kappa shape index (κ2) is 8.97. The number of likely N-dealkylation sites (N-methyl/N-ethyl adjacent to an activating group) is 1. The lowest BCUT2D eigenvalue weighted by molar-refractivity contribution is 0.0976. The van der Waals surface area contributed by atoms with Crippen molar-refractivity contribution < 1.29 is 4.74 Å². The van der Waals surface area contributed by atoms with Gasteiger partial charge in [0.25, 0.3) is 0 Å². The van der Waals surface area contributed by atoms with Crippen molar-refractivity contribution in [3.05, 3.63) is 0 Å². The van der Waals surface area contributed by atoms with E-state index < -0.39 is 0 Å². The third kappa shape index (κ3) is 5.83. The number of nitrogens with one attached hydrogen (secondary N) is 1. The first-order valence-electron chi connectivity index (χ1n) is 6.87. The molecule has 1 aliphatic rings. The van der Waals surface area contributed by atoms with E-state index in [4.69, 9.17) is 4.74 Å². The number of hydrogen-bond donors (Lipinski definition) is 1. The van der Waals surface area contributed by atoms with E-state index in [0.717, 1.165) is 38.6 Å². The molecule has 1 N–H and O–H groups in total. The first-order chi connectivity index (χ1) is 7.86. The van der Waals surface area contributed by atoms with Gasteiger partial charge in [0.2, 0.25) is 0 Å². The topological polar surface area (TPSA) is 24.5 Å². The first kappa shape index (κ1) is 13.9. The smallest absolute Gasteiger partial charge is 0.0593 e. The van der Waals surface area contributed by atoms with Gasteiger partial charge in [-0.3, -0.25) is 0 Å². The zero-order chi connectivity index (χ0) is 11.6. The molecule has 0 saturated carbocycles. The molecule has 1 aliphatic heterocycles. The molecule has 1 fully saturated rings. The Labute approximate surface area is 101 Å². The summed E-state index contributed by atoms with van der Waals surface area (Å²) in [5.74, 6) is 0.847. The average Bonchev–Trinajstić information content (AvgIpc) is 2.34. The molecule has 0 aromatic rings. The van der Waals surface area contributed by atoms with Gasteiger partial charge in [-0.2, -0.15) is 0 Å². The fourth-order valence-corrected chi connectivity index (χ4v) is 2.26. The number of hydrogen-bond acceptors (Lipinski definition) is 3. The Morgan fingerprint density at radius 3 is 2.81 bits per heavy atom. The minimum atomic E-state index is 0.847. The predicted octanol–water partition coefficient (Wildman–Crippen LogP) is 1.73. The van der Waals surface area contributed by atoms with Gasteiger partial charge in [-0.25, -0.2) is 0 Å². The van der Waals surface area contributed by atoms with Gasteiger partial charge in [-0.1, -0.05) is 13.8 Å². The molecule has 1 saturated heterocycles. The fourth-order valence-electron chi connectivity index (χ4n) is 2.26. The van der Waals surface area contributed by atoms with Gasteiger partial charge in [0, 0.05) is 19.7 Å². The van der Waals surface area contributed by atoms with E-state index in [1.54, 1.807) is 0 Å². The van der Waals surface area contributed by atoms with Gasteiger partial charge in [0.05, 0.1) is 6.61 Å². The summed E-state index contributed by atoms with van der Waals surface area (Å²) in [7, 11) is 0. The average molecular weight is 228 g/mol. The lowest BCUT2D eigenvalue weighted by atomic mass is 9.99. The van der Waals surface area contributed by atoms with Crippen LogP contribution < -0.4 is 5.32 Å². The van der Waals surface area contributed by atoms with Crippen molar-refractivity contribution in [2.45, 2.75) is 33.1 Å². The van der Waals surface area contributed by atoms with Crippen LogP contribution in [0.25, 0.3) is 0 Å². The molecule has 0 amide bonds. The Hall–Kier alpha value is -0.120. The van der Waals surface area contributed by atoms with Crippen molar-refractivity contribution in [2.75, 3.05) is 45.9 Å². The molecule has 1 rings (SSSR count). The third-order valence-electron chi connectivity index (χ3n) is 3.26. The molecular formula is C13H28N2O. The predicted molar refractivity (Wildman–Crippen MR) is 68.8 cm³/mol. The highest BCUT2D eigenvalue weighted by Gasteiger charge is 2.15. The van der Waals surface area contributed by atoms with E-state index in [0.29, 0.717) is 0 Å². The molecule has 0 radical (unpaired) electrons. The third-order valence-corrected chi connectivity index (χ3v) is 3.26. The van der Waals surface area contributed by atoms with Gasteiger partial charge in [0.1, 0.15) is 0 Å². The maximum absolute atomic E-state index is 5.55. The maximum atomic E-state index is 5.55. The van der Waals surface area contributed by atoms with Crippen molar-refractivity contribution in [1.29, 1.82) is 0 Å². The van der Waals surface area contributed by atoms with Crippen molar-refractivity contribution in [3.63, 3.8) is 0 Å². The van der Waals surface area contributed by atoms with Crippen LogP contribution in [0.5, 0.6) is 0 Å². The van der Waals surface area contributed by atoms with Crippen LogP contribution in [0.3, 0.4) is 0 Å². The molecule has 1 unspecified atom stereocenters. The lowest BCUT2D eigenvalue weighted by Gasteiger charge is -2.29. The molecule has 1 heterocycles. The molecule has 0 aromatic heterocycles. The van der Waals surface area contributed by atoms with E-state index in [2.05, 4.69) is 24.1 Å². The normalized spacial score (nSPS) is 21.6. The zero-order valence-electron chi connectivity index (χ0n) is 11.0. The molecule has 3 heteroatoms. The van der Waals surface area contributed by atoms with Crippen LogP contribution in [0.2, 0.25) is 0 Å². The standard InChI is InChI=1S/C13H28N2O/c1-3-9-16-10-8-15(4-2)12-13-6-5-7-14-11-13/h13-14H,3-12H2,1-2H3. The van der Waals surface area contributed by atoms with Crippen LogP contribution in [-0.4, -0.2) is 50.8 Å². The Balaban J connectivity index is 2.09. The van der Waals surface area contributed by atoms with Crippen LogP contribution in [0.15, 0.2) is 0 Å². The minimum absolute atomic E-state index is 0.847. The summed E-state index contributed by atoms with van der Waals surface area (Å²) in [6.45, 7) is 12.1. The van der Waals surface area contributed by atoms with Gasteiger partial charge in [0.15, 0.2) is 0 Å². The van der Waals surface area contributed by atoms with Gasteiger partial charge >= 0.3 is 0 Å². The second-order valence-corrected chi connectivity index (χ2v) is 4.72. The summed E-state index contributed by atoms with van der Waals surface area (Å²) in [5, 5.41) is 3.48. The Kier molecular flexibility index (Phi) is 7.81. The molecule has 96 valence electrons. The van der Waals surface area contributed by atoms with Crippen molar-refractivity contribution >= 4 is 0 Å². The molecule has 0 aliphatic carbocycles. The second-order valence-electron chi connectivity index (χ2n) is 4.72. The van der Waals surface area contributed by atoms with E-state index >= 15 is 0 Å². The van der Waals surface area contributed by atoms with Crippen LogP contribution in [0.1, 0.15) is 33.1 Å². The summed E-state index contributed by atoms with van der Waals surface area (Å²) >= 11 is 0. The Bertz CT molecular complexity index is 158. The summed E-state index contributed by atoms with van der Waals surface area (Å²) in [4.78, 5) is 2.52. The fraction of sp³-hybridized carbons (Fsp3) is 1.00. The highest BCUT2D eigenvalue weighted by atomic mass is 16.5. The summed E-state index contributed by atoms with van der Waals surface area (Å²) in [6.07, 6.45) is 3.85.